The van der Waals surface area contributed by atoms with E-state index in [0.717, 1.165) is 0 Å². The number of carbonyl (C=O) groups is 3. The highest BCUT2D eigenvalue weighted by atomic mass is 16.5. The first-order valence-electron chi connectivity index (χ1n) is 13.1. The van der Waals surface area contributed by atoms with Crippen molar-refractivity contribution in [3.63, 3.8) is 0 Å². The van der Waals surface area contributed by atoms with Gasteiger partial charge in [0, 0.05) is 4.91 Å². The molecule has 222 valence electrons. The van der Waals surface area contributed by atoms with Crippen molar-refractivity contribution in [3.05, 3.63) is 124 Å². The van der Waals surface area contributed by atoms with Crippen LogP contribution in [0.25, 0.3) is 21.8 Å². The summed E-state index contributed by atoms with van der Waals surface area (Å²) in [7, 11) is 0. The van der Waals surface area contributed by atoms with Crippen LogP contribution in [0.1, 0.15) is 42.5 Å². The van der Waals surface area contributed by atoms with Crippen LogP contribution in [0.4, 0.5) is 5.69 Å². The van der Waals surface area contributed by atoms with E-state index in [4.69, 9.17) is 26.2 Å². The Balaban J connectivity index is 1.24. The molecular weight excluding hydrogens is 582 g/mol. The Labute approximate surface area is 254 Å². The third-order valence-electron chi connectivity index (χ3n) is 6.09. The number of ether oxygens (including phenoxy) is 3. The summed E-state index contributed by atoms with van der Waals surface area (Å²) < 4.78 is 18.5. The SMILES string of the molecule is C#CCOC(=O)c1ccccc1-n1cc(COC(=O)c2ccccc2-n2cc(COC(=O)c3ccccc3N=[N+]=[N-])nn2)nn1. The van der Waals surface area contributed by atoms with Crippen LogP contribution in [-0.4, -0.2) is 54.5 Å². The largest absolute Gasteiger partial charge is 0.455 e. The summed E-state index contributed by atoms with van der Waals surface area (Å²) in [5, 5.41) is 19.6. The summed E-state index contributed by atoms with van der Waals surface area (Å²) in [5.74, 6) is 0.249. The van der Waals surface area contributed by atoms with Crippen molar-refractivity contribution < 1.29 is 28.6 Å². The molecule has 0 atom stereocenters. The van der Waals surface area contributed by atoms with Gasteiger partial charge in [-0.25, -0.2) is 23.7 Å². The normalized spacial score (nSPS) is 10.3. The molecule has 0 bridgehead atoms. The zero-order valence-corrected chi connectivity index (χ0v) is 23.3. The van der Waals surface area contributed by atoms with Gasteiger partial charge in [0.05, 0.1) is 46.1 Å². The minimum Gasteiger partial charge on any atom is -0.455 e. The fourth-order valence-corrected chi connectivity index (χ4v) is 4.06. The maximum Gasteiger partial charge on any atom is 0.341 e. The van der Waals surface area contributed by atoms with Crippen LogP contribution >= 0.6 is 0 Å². The van der Waals surface area contributed by atoms with Crippen molar-refractivity contribution in [1.82, 2.24) is 30.0 Å². The molecule has 0 saturated heterocycles. The lowest BCUT2D eigenvalue weighted by Crippen LogP contribution is -2.11. The quantitative estimate of drug-likeness (QED) is 0.0526. The molecule has 2 aromatic heterocycles. The van der Waals surface area contributed by atoms with Crippen LogP contribution in [-0.2, 0) is 27.4 Å². The summed E-state index contributed by atoms with van der Waals surface area (Å²) in [6.07, 6.45) is 8.18. The second kappa shape index (κ2) is 13.9. The molecule has 0 N–H and O–H groups in total. The highest BCUT2D eigenvalue weighted by molar-refractivity contribution is 5.95. The van der Waals surface area contributed by atoms with Crippen LogP contribution in [0.15, 0.2) is 90.3 Å². The van der Waals surface area contributed by atoms with E-state index in [1.165, 1.54) is 33.9 Å². The van der Waals surface area contributed by atoms with Crippen molar-refractivity contribution in [3.8, 4) is 23.7 Å². The number of azide groups is 1. The number of rotatable bonds is 11. The molecule has 0 aliphatic heterocycles. The molecule has 0 radical (unpaired) electrons. The van der Waals surface area contributed by atoms with Crippen LogP contribution in [0.2, 0.25) is 0 Å². The monoisotopic (exact) mass is 603 g/mol. The first kappa shape index (κ1) is 29.7. The summed E-state index contributed by atoms with van der Waals surface area (Å²) in [4.78, 5) is 40.7. The summed E-state index contributed by atoms with van der Waals surface area (Å²) >= 11 is 0. The number of terminal acetylenes is 1. The van der Waals surface area contributed by atoms with Gasteiger partial charge in [0.25, 0.3) is 0 Å². The Kier molecular flexibility index (Phi) is 9.19. The molecule has 3 aromatic carbocycles. The fourth-order valence-electron chi connectivity index (χ4n) is 4.06. The lowest BCUT2D eigenvalue weighted by atomic mass is 10.2. The van der Waals surface area contributed by atoms with Crippen molar-refractivity contribution in [2.45, 2.75) is 13.2 Å². The average Bonchev–Trinajstić information content (AvgIpc) is 3.76. The van der Waals surface area contributed by atoms with Crippen molar-refractivity contribution in [2.75, 3.05) is 6.61 Å². The molecule has 0 amide bonds. The number of para-hydroxylation sites is 2. The van der Waals surface area contributed by atoms with Crippen LogP contribution in [0.5, 0.6) is 0 Å². The van der Waals surface area contributed by atoms with Crippen LogP contribution in [0.3, 0.4) is 0 Å². The van der Waals surface area contributed by atoms with Crippen molar-refractivity contribution >= 4 is 23.6 Å². The molecule has 15 heteroatoms. The van der Waals surface area contributed by atoms with Crippen molar-refractivity contribution in [2.24, 2.45) is 5.11 Å². The van der Waals surface area contributed by atoms with Gasteiger partial charge in [-0.1, -0.05) is 63.9 Å². The average molecular weight is 604 g/mol. The highest BCUT2D eigenvalue weighted by Crippen LogP contribution is 2.21. The van der Waals surface area contributed by atoms with E-state index in [1.54, 1.807) is 60.7 Å². The third kappa shape index (κ3) is 7.00. The number of hydrogen-bond donors (Lipinski definition) is 0. The zero-order chi connectivity index (χ0) is 31.6. The van der Waals surface area contributed by atoms with Crippen LogP contribution < -0.4 is 0 Å². The molecule has 0 unspecified atom stereocenters. The third-order valence-corrected chi connectivity index (χ3v) is 6.09. The Morgan fingerprint density at radius 3 is 1.73 bits per heavy atom. The molecule has 2 heterocycles. The molecule has 0 aliphatic rings. The van der Waals surface area contributed by atoms with Crippen molar-refractivity contribution in [1.29, 1.82) is 0 Å². The summed E-state index contributed by atoms with van der Waals surface area (Å²) in [5.41, 5.74) is 10.8. The zero-order valence-electron chi connectivity index (χ0n) is 23.3. The Hall–Kier alpha value is -6.78. The molecule has 5 rings (SSSR count). The summed E-state index contributed by atoms with van der Waals surface area (Å²) in [6.45, 7) is -0.616. The molecule has 45 heavy (non-hydrogen) atoms. The number of carbonyl (C=O) groups excluding carboxylic acids is 3. The van der Waals surface area contributed by atoms with Gasteiger partial charge in [-0.2, -0.15) is 0 Å². The van der Waals surface area contributed by atoms with E-state index in [-0.39, 0.29) is 42.2 Å². The molecule has 0 aliphatic carbocycles. The van der Waals surface area contributed by atoms with E-state index in [9.17, 15) is 14.4 Å². The smallest absolute Gasteiger partial charge is 0.341 e. The fraction of sp³-hybridized carbons (Fsp3) is 0.100. The van der Waals surface area contributed by atoms with Gasteiger partial charge in [0.15, 0.2) is 6.61 Å². The topological polar surface area (TPSA) is 189 Å². The second-order valence-corrected chi connectivity index (χ2v) is 8.98. The highest BCUT2D eigenvalue weighted by Gasteiger charge is 2.19. The maximum atomic E-state index is 13.1. The molecule has 0 fully saturated rings. The predicted molar refractivity (Wildman–Crippen MR) is 155 cm³/mol. The number of nitrogens with zero attached hydrogens (tertiary/aromatic N) is 9. The second-order valence-electron chi connectivity index (χ2n) is 8.98. The molecule has 15 nitrogen and oxygen atoms in total. The summed E-state index contributed by atoms with van der Waals surface area (Å²) in [6, 6.07) is 19.4. The number of benzene rings is 3. The molecule has 0 spiro atoms. The Morgan fingerprint density at radius 1 is 0.733 bits per heavy atom. The minimum absolute atomic E-state index is 0.0996. The van der Waals surface area contributed by atoms with E-state index >= 15 is 0 Å². The van der Waals surface area contributed by atoms with Gasteiger partial charge in [-0.05, 0) is 35.9 Å². The first-order valence-corrected chi connectivity index (χ1v) is 13.1. The number of esters is 3. The standard InChI is InChI=1S/C30H21N9O6/c1-2-15-43-29(41)23-10-4-7-13-26(23)38-17-21(33-36-38)19-45-30(42)24-11-5-8-14-27(24)39-16-20(32-37-39)18-44-28(40)22-9-3-6-12-25(22)34-35-31/h1,3-14,16-17H,15,18-19H2. The minimum atomic E-state index is -0.708. The van der Waals surface area contributed by atoms with Gasteiger partial charge in [-0.3, -0.25) is 0 Å². The van der Waals surface area contributed by atoms with Gasteiger partial charge in [-0.15, -0.1) is 16.6 Å². The number of aromatic nitrogens is 6. The van der Waals surface area contributed by atoms with E-state index in [1.807, 2.05) is 0 Å². The van der Waals surface area contributed by atoms with E-state index < -0.39 is 17.9 Å². The van der Waals surface area contributed by atoms with Crippen LogP contribution in [0, 0.1) is 12.3 Å². The van der Waals surface area contributed by atoms with Gasteiger partial charge in [0.2, 0.25) is 0 Å². The Bertz CT molecular complexity index is 1970. The maximum absolute atomic E-state index is 13.1. The number of hydrogen-bond acceptors (Lipinski definition) is 11. The van der Waals surface area contributed by atoms with Gasteiger partial charge in [0.1, 0.15) is 24.6 Å². The predicted octanol–water partition coefficient (Wildman–Crippen LogP) is 4.29. The first-order chi connectivity index (χ1) is 22.0. The van der Waals surface area contributed by atoms with Gasteiger partial charge >= 0.3 is 17.9 Å². The Morgan fingerprint density at radius 2 is 1.20 bits per heavy atom. The van der Waals surface area contributed by atoms with E-state index in [0.29, 0.717) is 22.8 Å². The lowest BCUT2D eigenvalue weighted by molar-refractivity contribution is 0.0460. The van der Waals surface area contributed by atoms with Gasteiger partial charge < -0.3 is 14.2 Å². The van der Waals surface area contributed by atoms with E-state index in [2.05, 4.69) is 36.6 Å². The molecule has 0 saturated carbocycles. The molecule has 5 aromatic rings. The lowest BCUT2D eigenvalue weighted by Gasteiger charge is -2.08. The molecular formula is C30H21N9O6.